The summed E-state index contributed by atoms with van der Waals surface area (Å²) in [5, 5.41) is 13.6. The zero-order valence-electron chi connectivity index (χ0n) is 12.4. The summed E-state index contributed by atoms with van der Waals surface area (Å²) >= 11 is 3.26. The number of aromatic nitrogens is 2. The molecule has 0 radical (unpaired) electrons. The van der Waals surface area contributed by atoms with Crippen LogP contribution in [-0.4, -0.2) is 28.0 Å². The quantitative estimate of drug-likeness (QED) is 0.746. The van der Waals surface area contributed by atoms with Gasteiger partial charge in [0.2, 0.25) is 0 Å². The Bertz CT molecular complexity index is 865. The molecule has 0 unspecified atom stereocenters. The molecule has 0 fully saturated rings. The molecule has 0 atom stereocenters. The van der Waals surface area contributed by atoms with Gasteiger partial charge in [0, 0.05) is 5.56 Å². The van der Waals surface area contributed by atoms with E-state index in [9.17, 15) is 9.90 Å². The Kier molecular flexibility index (Phi) is 3.96. The van der Waals surface area contributed by atoms with Crippen molar-refractivity contribution >= 4 is 21.9 Å². The summed E-state index contributed by atoms with van der Waals surface area (Å²) < 4.78 is 12.9. The smallest absolute Gasteiger partial charge is 0.356 e. The first kappa shape index (κ1) is 15.4. The second-order valence-electron chi connectivity index (χ2n) is 4.84. The van der Waals surface area contributed by atoms with Crippen molar-refractivity contribution < 1.29 is 19.1 Å². The van der Waals surface area contributed by atoms with E-state index in [1.807, 2.05) is 0 Å². The molecule has 2 heterocycles. The Morgan fingerprint density at radius 1 is 1.26 bits per heavy atom. The highest BCUT2D eigenvalue weighted by atomic mass is 79.9. The summed E-state index contributed by atoms with van der Waals surface area (Å²) in [6.07, 6.45) is 0. The van der Waals surface area contributed by atoms with E-state index in [2.05, 4.69) is 21.0 Å². The van der Waals surface area contributed by atoms with Gasteiger partial charge in [0.15, 0.2) is 16.1 Å². The van der Waals surface area contributed by atoms with Gasteiger partial charge in [-0.05, 0) is 59.3 Å². The predicted octanol–water partition coefficient (Wildman–Crippen LogP) is 3.91. The summed E-state index contributed by atoms with van der Waals surface area (Å²) in [5.41, 5.74) is 1.83. The standard InChI is InChI=1S/C16H13BrN2O4/c1-9-14(16(20)21)18-19(10-3-5-11(22-2)6-4-10)15(9)12-7-8-13(17)23-12/h3-8H,1-2H3,(H,20,21). The Morgan fingerprint density at radius 3 is 2.48 bits per heavy atom. The minimum Gasteiger partial charge on any atom is -0.497 e. The lowest BCUT2D eigenvalue weighted by Gasteiger charge is -2.07. The first-order valence-corrected chi connectivity index (χ1v) is 7.53. The summed E-state index contributed by atoms with van der Waals surface area (Å²) in [7, 11) is 1.58. The Hall–Kier alpha value is -2.54. The number of furan rings is 1. The SMILES string of the molecule is COc1ccc(-n2nc(C(=O)O)c(C)c2-c2ccc(Br)o2)cc1. The topological polar surface area (TPSA) is 77.5 Å². The van der Waals surface area contributed by atoms with Crippen LogP contribution in [0.4, 0.5) is 0 Å². The van der Waals surface area contributed by atoms with Crippen molar-refractivity contribution in [2.75, 3.05) is 7.11 Å². The lowest BCUT2D eigenvalue weighted by atomic mass is 10.1. The van der Waals surface area contributed by atoms with E-state index in [0.29, 0.717) is 33.1 Å². The average molecular weight is 377 g/mol. The van der Waals surface area contributed by atoms with Gasteiger partial charge in [-0.25, -0.2) is 9.48 Å². The second-order valence-corrected chi connectivity index (χ2v) is 5.62. The molecule has 0 saturated carbocycles. The van der Waals surface area contributed by atoms with Crippen LogP contribution >= 0.6 is 15.9 Å². The van der Waals surface area contributed by atoms with Gasteiger partial charge in [-0.3, -0.25) is 0 Å². The molecule has 0 amide bonds. The molecule has 0 aliphatic heterocycles. The van der Waals surface area contributed by atoms with Crippen molar-refractivity contribution in [1.29, 1.82) is 0 Å². The molecule has 0 aliphatic rings. The van der Waals surface area contributed by atoms with Crippen LogP contribution in [0.5, 0.6) is 5.75 Å². The number of hydrogen-bond donors (Lipinski definition) is 1. The molecular weight excluding hydrogens is 364 g/mol. The number of carboxylic acid groups (broad SMARTS) is 1. The molecule has 6 nitrogen and oxygen atoms in total. The van der Waals surface area contributed by atoms with Crippen LogP contribution < -0.4 is 4.74 Å². The van der Waals surface area contributed by atoms with E-state index >= 15 is 0 Å². The highest BCUT2D eigenvalue weighted by molar-refractivity contribution is 9.10. The van der Waals surface area contributed by atoms with E-state index < -0.39 is 5.97 Å². The van der Waals surface area contributed by atoms with Gasteiger partial charge >= 0.3 is 5.97 Å². The van der Waals surface area contributed by atoms with Crippen LogP contribution in [0.3, 0.4) is 0 Å². The summed E-state index contributed by atoms with van der Waals surface area (Å²) in [6.45, 7) is 1.71. The zero-order valence-corrected chi connectivity index (χ0v) is 14.0. The molecule has 1 N–H and O–H groups in total. The zero-order chi connectivity index (χ0) is 16.6. The van der Waals surface area contributed by atoms with E-state index in [1.165, 1.54) is 0 Å². The van der Waals surface area contributed by atoms with Gasteiger partial charge in [0.05, 0.1) is 12.8 Å². The molecule has 7 heteroatoms. The van der Waals surface area contributed by atoms with Crippen LogP contribution in [0.2, 0.25) is 0 Å². The van der Waals surface area contributed by atoms with Crippen molar-refractivity contribution in [3.8, 4) is 22.9 Å². The predicted molar refractivity (Wildman–Crippen MR) is 87.2 cm³/mol. The number of hydrogen-bond acceptors (Lipinski definition) is 4. The minimum absolute atomic E-state index is 0.0108. The maximum atomic E-state index is 11.4. The number of methoxy groups -OCH3 is 1. The number of carboxylic acids is 1. The Labute approximate surface area is 140 Å². The van der Waals surface area contributed by atoms with Gasteiger partial charge in [0.1, 0.15) is 11.4 Å². The maximum absolute atomic E-state index is 11.4. The van der Waals surface area contributed by atoms with Crippen LogP contribution in [0.1, 0.15) is 16.1 Å². The van der Waals surface area contributed by atoms with Crippen molar-refractivity contribution in [3.05, 3.63) is 52.3 Å². The lowest BCUT2D eigenvalue weighted by Crippen LogP contribution is -2.02. The summed E-state index contributed by atoms with van der Waals surface area (Å²) in [4.78, 5) is 11.4. The van der Waals surface area contributed by atoms with Crippen LogP contribution in [-0.2, 0) is 0 Å². The third-order valence-corrected chi connectivity index (χ3v) is 3.87. The van der Waals surface area contributed by atoms with Crippen LogP contribution in [0.15, 0.2) is 45.5 Å². The number of aromatic carboxylic acids is 1. The number of rotatable bonds is 4. The average Bonchev–Trinajstić information content (AvgIpc) is 3.10. The van der Waals surface area contributed by atoms with Gasteiger partial charge in [0.25, 0.3) is 0 Å². The molecule has 118 valence electrons. The van der Waals surface area contributed by atoms with E-state index in [1.54, 1.807) is 55.1 Å². The van der Waals surface area contributed by atoms with Crippen LogP contribution in [0, 0.1) is 6.92 Å². The highest BCUT2D eigenvalue weighted by Crippen LogP contribution is 2.32. The summed E-state index contributed by atoms with van der Waals surface area (Å²) in [5.74, 6) is 0.158. The van der Waals surface area contributed by atoms with E-state index in [0.717, 1.165) is 0 Å². The maximum Gasteiger partial charge on any atom is 0.356 e. The van der Waals surface area contributed by atoms with Gasteiger partial charge < -0.3 is 14.3 Å². The van der Waals surface area contributed by atoms with E-state index in [4.69, 9.17) is 9.15 Å². The van der Waals surface area contributed by atoms with Crippen molar-refractivity contribution in [2.45, 2.75) is 6.92 Å². The molecule has 0 spiro atoms. The number of halogens is 1. The highest BCUT2D eigenvalue weighted by Gasteiger charge is 2.23. The third kappa shape index (κ3) is 2.75. The fraction of sp³-hybridized carbons (Fsp3) is 0.125. The molecule has 2 aromatic heterocycles. The van der Waals surface area contributed by atoms with Gasteiger partial charge in [-0.2, -0.15) is 5.10 Å². The molecule has 0 saturated heterocycles. The number of carbonyl (C=O) groups is 1. The molecule has 0 aliphatic carbocycles. The summed E-state index contributed by atoms with van der Waals surface area (Å²) in [6, 6.07) is 10.7. The Balaban J connectivity index is 2.21. The van der Waals surface area contributed by atoms with Crippen molar-refractivity contribution in [1.82, 2.24) is 9.78 Å². The third-order valence-electron chi connectivity index (χ3n) is 3.45. The van der Waals surface area contributed by atoms with Crippen LogP contribution in [0.25, 0.3) is 17.1 Å². The fourth-order valence-corrected chi connectivity index (χ4v) is 2.65. The van der Waals surface area contributed by atoms with Crippen molar-refractivity contribution in [3.63, 3.8) is 0 Å². The fourth-order valence-electron chi connectivity index (χ4n) is 2.34. The van der Waals surface area contributed by atoms with Crippen molar-refractivity contribution in [2.24, 2.45) is 0 Å². The molecule has 0 bridgehead atoms. The normalized spacial score (nSPS) is 10.7. The first-order valence-electron chi connectivity index (χ1n) is 6.74. The van der Waals surface area contributed by atoms with E-state index in [-0.39, 0.29) is 5.69 Å². The number of nitrogens with zero attached hydrogens (tertiary/aromatic N) is 2. The van der Waals surface area contributed by atoms with Gasteiger partial charge in [-0.15, -0.1) is 0 Å². The lowest BCUT2D eigenvalue weighted by molar-refractivity contribution is 0.0689. The monoisotopic (exact) mass is 376 g/mol. The number of ether oxygens (including phenoxy) is 1. The molecule has 1 aromatic carbocycles. The Morgan fingerprint density at radius 2 is 1.96 bits per heavy atom. The first-order chi connectivity index (χ1) is 11.0. The molecule has 3 aromatic rings. The molecule has 23 heavy (non-hydrogen) atoms. The molecule has 3 rings (SSSR count). The molecular formula is C16H13BrN2O4. The number of benzene rings is 1. The minimum atomic E-state index is -1.08. The van der Waals surface area contributed by atoms with Gasteiger partial charge in [-0.1, -0.05) is 0 Å². The second kappa shape index (κ2) is 5.92. The largest absolute Gasteiger partial charge is 0.497 e.